The van der Waals surface area contributed by atoms with E-state index in [1.807, 2.05) is 79.7 Å². The molecule has 0 unspecified atom stereocenters. The number of nitrogens with one attached hydrogen (secondary N) is 1. The van der Waals surface area contributed by atoms with Gasteiger partial charge in [-0.25, -0.2) is 4.99 Å². The molecule has 204 valence electrons. The number of aromatic nitrogens is 1. The minimum Gasteiger partial charge on any atom is -0.497 e. The van der Waals surface area contributed by atoms with Crippen LogP contribution in [0.15, 0.2) is 93.9 Å². The average Bonchev–Trinajstić information content (AvgIpc) is 3.27. The topological polar surface area (TPSA) is 91.2 Å². The summed E-state index contributed by atoms with van der Waals surface area (Å²) >= 11 is 1.27. The van der Waals surface area contributed by atoms with Gasteiger partial charge in [0.05, 0.1) is 42.7 Å². The number of thiazole rings is 1. The number of methoxy groups -OCH3 is 2. The number of amides is 1. The van der Waals surface area contributed by atoms with Crippen molar-refractivity contribution in [3.8, 4) is 17.2 Å². The highest BCUT2D eigenvalue weighted by atomic mass is 32.1. The van der Waals surface area contributed by atoms with E-state index in [-0.39, 0.29) is 11.5 Å². The highest BCUT2D eigenvalue weighted by molar-refractivity contribution is 7.07. The molecule has 0 spiro atoms. The molecule has 1 N–H and O–H groups in total. The Morgan fingerprint density at radius 3 is 2.55 bits per heavy atom. The highest BCUT2D eigenvalue weighted by Gasteiger charge is 2.32. The second-order valence-electron chi connectivity index (χ2n) is 9.02. The van der Waals surface area contributed by atoms with Gasteiger partial charge in [0, 0.05) is 5.69 Å². The zero-order valence-electron chi connectivity index (χ0n) is 22.6. The van der Waals surface area contributed by atoms with Crippen LogP contribution in [0.4, 0.5) is 5.69 Å². The summed E-state index contributed by atoms with van der Waals surface area (Å²) in [5.41, 5.74) is 2.85. The lowest BCUT2D eigenvalue weighted by Crippen LogP contribution is -2.40. The monoisotopic (exact) mass is 555 g/mol. The van der Waals surface area contributed by atoms with Crippen LogP contribution in [-0.4, -0.2) is 31.3 Å². The molecule has 2 heterocycles. The molecular weight excluding hydrogens is 526 g/mol. The number of fused-ring (bicyclic) bond motifs is 1. The van der Waals surface area contributed by atoms with E-state index in [9.17, 15) is 9.59 Å². The van der Waals surface area contributed by atoms with Gasteiger partial charge >= 0.3 is 0 Å². The number of carbonyl (C=O) groups is 1. The third-order valence-electron chi connectivity index (χ3n) is 6.49. The summed E-state index contributed by atoms with van der Waals surface area (Å²) in [4.78, 5) is 32.9. The number of anilines is 1. The molecule has 40 heavy (non-hydrogen) atoms. The van der Waals surface area contributed by atoms with Gasteiger partial charge in [-0.1, -0.05) is 47.7 Å². The van der Waals surface area contributed by atoms with Gasteiger partial charge in [0.15, 0.2) is 16.3 Å². The Bertz CT molecular complexity index is 1770. The Morgan fingerprint density at radius 2 is 1.82 bits per heavy atom. The fourth-order valence-electron chi connectivity index (χ4n) is 4.66. The largest absolute Gasteiger partial charge is 0.497 e. The van der Waals surface area contributed by atoms with Crippen LogP contribution in [-0.2, 0) is 4.79 Å². The Labute approximate surface area is 235 Å². The summed E-state index contributed by atoms with van der Waals surface area (Å²) < 4.78 is 18.6. The predicted molar refractivity (Wildman–Crippen MR) is 156 cm³/mol. The Hall–Kier alpha value is -4.63. The fourth-order valence-corrected chi connectivity index (χ4v) is 5.71. The van der Waals surface area contributed by atoms with Gasteiger partial charge in [-0.05, 0) is 67.4 Å². The molecule has 0 fully saturated rings. The van der Waals surface area contributed by atoms with Crippen molar-refractivity contribution < 1.29 is 19.0 Å². The lowest BCUT2D eigenvalue weighted by Gasteiger charge is -2.25. The van der Waals surface area contributed by atoms with Gasteiger partial charge in [-0.15, -0.1) is 0 Å². The van der Waals surface area contributed by atoms with Crippen molar-refractivity contribution in [2.75, 3.05) is 26.1 Å². The molecule has 9 heteroatoms. The van der Waals surface area contributed by atoms with Crippen molar-refractivity contribution in [3.63, 3.8) is 0 Å². The van der Waals surface area contributed by atoms with Gasteiger partial charge < -0.3 is 19.5 Å². The maximum atomic E-state index is 14.0. The Morgan fingerprint density at radius 1 is 1.02 bits per heavy atom. The van der Waals surface area contributed by atoms with E-state index in [0.29, 0.717) is 50.1 Å². The molecule has 1 aliphatic heterocycles. The summed E-state index contributed by atoms with van der Waals surface area (Å²) in [6, 6.07) is 21.4. The summed E-state index contributed by atoms with van der Waals surface area (Å²) in [5, 5.41) is 2.96. The number of rotatable bonds is 8. The van der Waals surface area contributed by atoms with Gasteiger partial charge in [-0.3, -0.25) is 14.2 Å². The number of nitrogens with zero attached hydrogens (tertiary/aromatic N) is 2. The SMILES string of the molecule is CCOc1cc(/C=c2\sc3n(c2=O)[C@H](c2cccc(OC)c2)C(C(=O)Nc2ccccc2)=C(C)N=3)ccc1OC. The second-order valence-corrected chi connectivity index (χ2v) is 10.0. The van der Waals surface area contributed by atoms with Crippen molar-refractivity contribution in [1.82, 2.24) is 4.57 Å². The van der Waals surface area contributed by atoms with Gasteiger partial charge in [0.1, 0.15) is 5.75 Å². The van der Waals surface area contributed by atoms with Crippen LogP contribution in [0.5, 0.6) is 17.2 Å². The van der Waals surface area contributed by atoms with E-state index < -0.39 is 6.04 Å². The number of hydrogen-bond acceptors (Lipinski definition) is 7. The molecule has 8 nitrogen and oxygen atoms in total. The third kappa shape index (κ3) is 5.28. The highest BCUT2D eigenvalue weighted by Crippen LogP contribution is 2.32. The van der Waals surface area contributed by atoms with Crippen molar-refractivity contribution >= 4 is 29.0 Å². The van der Waals surface area contributed by atoms with E-state index >= 15 is 0 Å². The zero-order chi connectivity index (χ0) is 28.2. The first-order valence-electron chi connectivity index (χ1n) is 12.8. The first-order valence-corrected chi connectivity index (χ1v) is 13.6. The molecule has 0 saturated carbocycles. The number of carbonyl (C=O) groups excluding carboxylic acids is 1. The standard InChI is InChI=1S/C31H29N3O5S/c1-5-39-25-16-20(14-15-24(25)38-4)17-26-30(36)34-28(21-10-9-13-23(18-21)37-3)27(19(2)32-31(34)40-26)29(35)33-22-11-7-6-8-12-22/h6-18,28H,5H2,1-4H3,(H,33,35)/b26-17-/t28-/m1/s1. The van der Waals surface area contributed by atoms with Crippen LogP contribution in [0.1, 0.15) is 31.0 Å². The number of allylic oxidation sites excluding steroid dienone is 1. The van der Waals surface area contributed by atoms with E-state index in [1.165, 1.54) is 11.3 Å². The molecule has 0 aliphatic carbocycles. The van der Waals surface area contributed by atoms with Crippen LogP contribution in [0.25, 0.3) is 6.08 Å². The fraction of sp³-hybridized carbons (Fsp3) is 0.194. The van der Waals surface area contributed by atoms with Crippen LogP contribution in [0.3, 0.4) is 0 Å². The molecule has 3 aromatic carbocycles. The average molecular weight is 556 g/mol. The van der Waals surface area contributed by atoms with Crippen LogP contribution >= 0.6 is 11.3 Å². The lowest BCUT2D eigenvalue weighted by atomic mass is 9.95. The summed E-state index contributed by atoms with van der Waals surface area (Å²) in [6.07, 6.45) is 1.80. The van der Waals surface area contributed by atoms with Crippen molar-refractivity contribution in [2.45, 2.75) is 19.9 Å². The maximum absolute atomic E-state index is 14.0. The van der Waals surface area contributed by atoms with Gasteiger partial charge in [-0.2, -0.15) is 0 Å². The van der Waals surface area contributed by atoms with E-state index in [4.69, 9.17) is 19.2 Å². The summed E-state index contributed by atoms with van der Waals surface area (Å²) in [6.45, 7) is 4.17. The number of ether oxygens (including phenoxy) is 3. The molecule has 0 radical (unpaired) electrons. The molecule has 1 amide bonds. The van der Waals surface area contributed by atoms with Crippen LogP contribution < -0.4 is 34.4 Å². The third-order valence-corrected chi connectivity index (χ3v) is 7.48. The van der Waals surface area contributed by atoms with Crippen LogP contribution in [0.2, 0.25) is 0 Å². The maximum Gasteiger partial charge on any atom is 0.271 e. The smallest absolute Gasteiger partial charge is 0.271 e. The van der Waals surface area contributed by atoms with Crippen molar-refractivity contribution in [3.05, 3.63) is 115 Å². The summed E-state index contributed by atoms with van der Waals surface area (Å²) in [7, 11) is 3.17. The zero-order valence-corrected chi connectivity index (χ0v) is 23.5. The molecule has 1 aliphatic rings. The quantitative estimate of drug-likeness (QED) is 0.350. The minimum atomic E-state index is -0.702. The molecular formula is C31H29N3O5S. The van der Waals surface area contributed by atoms with Gasteiger partial charge in [0.2, 0.25) is 0 Å². The van der Waals surface area contributed by atoms with E-state index in [0.717, 1.165) is 11.1 Å². The lowest BCUT2D eigenvalue weighted by molar-refractivity contribution is -0.113. The number of hydrogen-bond donors (Lipinski definition) is 1. The Balaban J connectivity index is 1.66. The van der Waals surface area contributed by atoms with Crippen molar-refractivity contribution in [2.24, 2.45) is 4.99 Å². The number of benzene rings is 3. The van der Waals surface area contributed by atoms with Gasteiger partial charge in [0.25, 0.3) is 11.5 Å². The predicted octanol–water partition coefficient (Wildman–Crippen LogP) is 4.29. The summed E-state index contributed by atoms with van der Waals surface area (Å²) in [5.74, 6) is 1.50. The van der Waals surface area contributed by atoms with E-state index in [1.54, 1.807) is 31.8 Å². The first kappa shape index (κ1) is 27.0. The first-order chi connectivity index (χ1) is 19.4. The molecule has 1 aromatic heterocycles. The number of para-hydroxylation sites is 1. The van der Waals surface area contributed by atoms with Crippen molar-refractivity contribution in [1.29, 1.82) is 0 Å². The molecule has 0 saturated heterocycles. The molecule has 4 aromatic rings. The molecule has 0 bridgehead atoms. The molecule has 1 atom stereocenters. The molecule has 5 rings (SSSR count). The van der Waals surface area contributed by atoms with E-state index in [2.05, 4.69) is 5.32 Å². The normalized spacial score (nSPS) is 14.8. The Kier molecular flexibility index (Phi) is 7.84. The van der Waals surface area contributed by atoms with Crippen LogP contribution in [0, 0.1) is 0 Å². The minimum absolute atomic E-state index is 0.247. The second kappa shape index (κ2) is 11.6.